The van der Waals surface area contributed by atoms with Crippen molar-refractivity contribution in [2.45, 2.75) is 0 Å². The zero-order valence-electron chi connectivity index (χ0n) is 50.4. The van der Waals surface area contributed by atoms with Gasteiger partial charge >= 0.3 is 71.6 Å². The topological polar surface area (TPSA) is 448 Å². The SMILES string of the molecule is O=C(O)c1c(C(=O)O)c2c(C(=O)O)ccc3c4cccc5cccc(c(c1C(=O)O)c23)c54.O=C(O)c1c(C(=O)O)c2c(C(=O)O)ccc3c4cccc5cccc(c(c1C(=O)O)c23)c54.O=C(O)c1c(C(=O)O)c2c(C(=O)O)ccc3c4cccc5cccc(c(c1C(=O)O)c23)c54.[Y].[Y].[Y].[Y]. The van der Waals surface area contributed by atoms with Crippen molar-refractivity contribution in [2.24, 2.45) is 0 Å². The van der Waals surface area contributed by atoms with E-state index in [4.69, 9.17) is 0 Å². The second kappa shape index (κ2) is 27.8. The van der Waals surface area contributed by atoms with Crippen molar-refractivity contribution in [1.82, 2.24) is 0 Å². The van der Waals surface area contributed by atoms with E-state index in [1.165, 1.54) is 36.4 Å². The summed E-state index contributed by atoms with van der Waals surface area (Å²) >= 11 is 0. The predicted octanol–water partition coefficient (Wildman–Crippen LogP) is 13.6. The molecule has 0 saturated carbocycles. The van der Waals surface area contributed by atoms with E-state index < -0.39 is 138 Å². The summed E-state index contributed by atoms with van der Waals surface area (Å²) in [7, 11) is 0. The van der Waals surface area contributed by atoms with Gasteiger partial charge in [0.05, 0.1) is 66.8 Å². The van der Waals surface area contributed by atoms with E-state index in [0.717, 1.165) is 16.2 Å². The first-order valence-corrected chi connectivity index (χ1v) is 28.1. The van der Waals surface area contributed by atoms with E-state index in [2.05, 4.69) is 0 Å². The fourth-order valence-electron chi connectivity index (χ4n) is 14.1. The van der Waals surface area contributed by atoms with Gasteiger partial charge in [0.25, 0.3) is 0 Å². The minimum atomic E-state index is -1.77. The summed E-state index contributed by atoms with van der Waals surface area (Å²) in [5.74, 6) is -19.7. The van der Waals surface area contributed by atoms with E-state index in [-0.39, 0.29) is 179 Å². The first kappa shape index (κ1) is 74.5. The molecule has 0 aromatic heterocycles. The minimum absolute atomic E-state index is 0. The summed E-state index contributed by atoms with van der Waals surface area (Å²) in [6, 6.07) is 39.6. The van der Waals surface area contributed by atoms with E-state index in [1.54, 1.807) is 72.8 Å². The third kappa shape index (κ3) is 11.2. The molecule has 0 aliphatic carbocycles. The van der Waals surface area contributed by atoms with Crippen LogP contribution < -0.4 is 0 Å². The third-order valence-electron chi connectivity index (χ3n) is 17.4. The molecule has 15 aromatic carbocycles. The Hall–Kier alpha value is -9.74. The van der Waals surface area contributed by atoms with Crippen LogP contribution in [-0.4, -0.2) is 133 Å². The number of rotatable bonds is 12. The monoisotopic (exact) mass is 1640 g/mol. The van der Waals surface area contributed by atoms with Crippen molar-refractivity contribution < 1.29 is 250 Å². The van der Waals surface area contributed by atoms with Crippen LogP contribution in [0.3, 0.4) is 0 Å². The molecular weight excluding hydrogens is 1600 g/mol. The van der Waals surface area contributed by atoms with Gasteiger partial charge in [-0.05, 0) is 99.0 Å². The maximum atomic E-state index is 12.3. The summed E-state index contributed by atoms with van der Waals surface area (Å²) in [6.07, 6.45) is 0. The molecule has 0 saturated heterocycles. The van der Waals surface area contributed by atoms with Crippen molar-refractivity contribution in [3.63, 3.8) is 0 Å². The van der Waals surface area contributed by atoms with Gasteiger partial charge in [-0.3, -0.25) is 0 Å². The van der Waals surface area contributed by atoms with E-state index in [9.17, 15) is 119 Å². The van der Waals surface area contributed by atoms with Crippen LogP contribution in [0.25, 0.3) is 129 Å². The molecule has 0 bridgehead atoms. The van der Waals surface area contributed by atoms with Crippen LogP contribution in [0, 0.1) is 0 Å². The first-order chi connectivity index (χ1) is 45.7. The van der Waals surface area contributed by atoms with Gasteiger partial charge in [-0.1, -0.05) is 127 Å². The smallest absolute Gasteiger partial charge is 0.337 e. The van der Waals surface area contributed by atoms with Crippen molar-refractivity contribution in [3.05, 3.63) is 212 Å². The Kier molecular flexibility index (Phi) is 20.7. The number of carboxylic acids is 12. The molecule has 100 heavy (non-hydrogen) atoms. The second-order valence-electron chi connectivity index (χ2n) is 22.0. The number of carboxylic acid groups (broad SMARTS) is 12. The van der Waals surface area contributed by atoms with Crippen LogP contribution in [0.4, 0.5) is 0 Å². The van der Waals surface area contributed by atoms with Gasteiger partial charge < -0.3 is 61.3 Å². The summed E-state index contributed by atoms with van der Waals surface area (Å²) in [6.45, 7) is 0. The van der Waals surface area contributed by atoms with Gasteiger partial charge in [0.1, 0.15) is 0 Å². The number of fused-ring (bicyclic) bond motifs is 6. The normalized spacial score (nSPS) is 11.0. The molecule has 24 nitrogen and oxygen atoms in total. The Balaban J connectivity index is 0.000000172. The van der Waals surface area contributed by atoms with Crippen molar-refractivity contribution in [1.29, 1.82) is 0 Å². The average Bonchev–Trinajstić information content (AvgIpc) is 0.709. The Morgan fingerprint density at radius 2 is 0.330 bits per heavy atom. The number of aromatic carboxylic acids is 12. The van der Waals surface area contributed by atoms with Crippen LogP contribution in [0.1, 0.15) is 124 Å². The van der Waals surface area contributed by atoms with Gasteiger partial charge in [-0.2, -0.15) is 0 Å². The fourth-order valence-corrected chi connectivity index (χ4v) is 14.1. The Morgan fingerprint density at radius 1 is 0.160 bits per heavy atom. The molecule has 0 fully saturated rings. The predicted molar refractivity (Wildman–Crippen MR) is 346 cm³/mol. The quantitative estimate of drug-likeness (QED) is 0.0399. The van der Waals surface area contributed by atoms with E-state index in [1.807, 2.05) is 36.4 Å². The van der Waals surface area contributed by atoms with Gasteiger partial charge in [-0.15, -0.1) is 0 Å². The number of hydrogen-bond donors (Lipinski definition) is 12. The molecule has 0 spiro atoms. The van der Waals surface area contributed by atoms with Gasteiger partial charge in [0.2, 0.25) is 0 Å². The van der Waals surface area contributed by atoms with Crippen LogP contribution in [0.15, 0.2) is 146 Å². The average molecular weight is 1640 g/mol. The Labute approximate surface area is 655 Å². The third-order valence-corrected chi connectivity index (χ3v) is 17.4. The Morgan fingerprint density at radius 3 is 0.510 bits per heavy atom. The minimum Gasteiger partial charge on any atom is -0.478 e. The van der Waals surface area contributed by atoms with Crippen LogP contribution in [0.2, 0.25) is 0 Å². The molecule has 0 aliphatic heterocycles. The van der Waals surface area contributed by atoms with Crippen molar-refractivity contribution in [3.8, 4) is 0 Å². The molecule has 0 amide bonds. The zero-order valence-corrected chi connectivity index (χ0v) is 61.8. The number of carbonyl (C=O) groups is 12. The molecule has 28 heteroatoms. The fraction of sp³-hybridized carbons (Fsp3) is 0. The Bertz CT molecular complexity index is 5650. The van der Waals surface area contributed by atoms with Crippen molar-refractivity contribution >= 4 is 201 Å². The zero-order chi connectivity index (χ0) is 68.7. The first-order valence-electron chi connectivity index (χ1n) is 28.1. The molecule has 12 N–H and O–H groups in total. The molecule has 0 unspecified atom stereocenters. The molecule has 15 rings (SSSR count). The molecule has 15 aromatic rings. The molecular formula is C72H36O24Y4. The van der Waals surface area contributed by atoms with Gasteiger partial charge in [0, 0.05) is 179 Å². The van der Waals surface area contributed by atoms with Crippen LogP contribution in [0.5, 0.6) is 0 Å². The summed E-state index contributed by atoms with van der Waals surface area (Å²) in [5, 5.41) is 127. The molecule has 0 aliphatic rings. The van der Waals surface area contributed by atoms with Crippen molar-refractivity contribution in [2.75, 3.05) is 0 Å². The van der Waals surface area contributed by atoms with E-state index in [0.29, 0.717) is 64.6 Å². The maximum absolute atomic E-state index is 12.3. The van der Waals surface area contributed by atoms with Gasteiger partial charge in [0.15, 0.2) is 0 Å². The summed E-state index contributed by atoms with van der Waals surface area (Å²) in [4.78, 5) is 146. The molecule has 480 valence electrons. The second-order valence-corrected chi connectivity index (χ2v) is 22.0. The maximum Gasteiger partial charge on any atom is 0.337 e. The summed E-state index contributed by atoms with van der Waals surface area (Å²) < 4.78 is 0. The number of benzene rings is 15. The van der Waals surface area contributed by atoms with Crippen LogP contribution >= 0.6 is 0 Å². The summed E-state index contributed by atoms with van der Waals surface area (Å²) in [5.41, 5.74) is -8.78. The number of hydrogen-bond acceptors (Lipinski definition) is 12. The largest absolute Gasteiger partial charge is 0.478 e. The van der Waals surface area contributed by atoms with Gasteiger partial charge in [-0.25, -0.2) is 57.5 Å². The molecule has 0 heterocycles. The van der Waals surface area contributed by atoms with Crippen LogP contribution in [-0.2, 0) is 131 Å². The standard InChI is InChI=1S/3C24H12O8.4Y/c3*25-21(26)13-8-7-11-10-5-1-3-9-4-2-6-12(14(9)10)16-15(11)17(13)19(23(29)30)20(24(31)32)18(16)22(27)28;;;;/h3*1-8H,(H,25,26)(H,27,28)(H,29,30)(H,31,32);;;;. The van der Waals surface area contributed by atoms with E-state index >= 15 is 0 Å². The molecule has 0 atom stereocenters. The molecule has 4 radical (unpaired) electrons.